The Kier molecular flexibility index (Phi) is 3.06. The topological polar surface area (TPSA) is 108 Å². The second kappa shape index (κ2) is 4.40. The molecule has 1 heterocycles. The molecular formula is C11H16N4O3. The van der Waals surface area contributed by atoms with Crippen LogP contribution in [0.1, 0.15) is 55.5 Å². The van der Waals surface area contributed by atoms with Gasteiger partial charge in [-0.15, -0.1) is 5.10 Å². The molecular weight excluding hydrogens is 236 g/mol. The van der Waals surface area contributed by atoms with E-state index in [0.717, 1.165) is 6.42 Å². The lowest BCUT2D eigenvalue weighted by molar-refractivity contribution is -0.148. The van der Waals surface area contributed by atoms with Gasteiger partial charge in [0.05, 0.1) is 0 Å². The number of aromatic amines is 1. The Bertz CT molecular complexity index is 476. The molecule has 1 aromatic heterocycles. The summed E-state index contributed by atoms with van der Waals surface area (Å²) in [5.74, 6) is -0.803. The van der Waals surface area contributed by atoms with Gasteiger partial charge >= 0.3 is 5.97 Å². The van der Waals surface area contributed by atoms with E-state index in [1.165, 1.54) is 0 Å². The van der Waals surface area contributed by atoms with Crippen molar-refractivity contribution in [3.8, 4) is 0 Å². The van der Waals surface area contributed by atoms with Crippen molar-refractivity contribution in [1.82, 2.24) is 20.5 Å². The highest BCUT2D eigenvalue weighted by atomic mass is 16.4. The van der Waals surface area contributed by atoms with Crippen molar-refractivity contribution in [3.05, 3.63) is 11.6 Å². The van der Waals surface area contributed by atoms with E-state index in [4.69, 9.17) is 5.11 Å². The van der Waals surface area contributed by atoms with E-state index < -0.39 is 17.4 Å². The maximum atomic E-state index is 11.9. The second-order valence-corrected chi connectivity index (χ2v) is 4.89. The summed E-state index contributed by atoms with van der Waals surface area (Å²) >= 11 is 0. The van der Waals surface area contributed by atoms with E-state index >= 15 is 0 Å². The number of hydrogen-bond acceptors (Lipinski definition) is 4. The Morgan fingerprint density at radius 3 is 2.50 bits per heavy atom. The van der Waals surface area contributed by atoms with Crippen LogP contribution in [-0.4, -0.2) is 37.7 Å². The van der Waals surface area contributed by atoms with E-state index in [1.807, 2.05) is 13.8 Å². The van der Waals surface area contributed by atoms with Gasteiger partial charge in [-0.2, -0.15) is 0 Å². The maximum Gasteiger partial charge on any atom is 0.329 e. The van der Waals surface area contributed by atoms with Crippen LogP contribution >= 0.6 is 0 Å². The molecule has 0 unspecified atom stereocenters. The predicted octanol–water partition coefficient (Wildman–Crippen LogP) is 0.665. The summed E-state index contributed by atoms with van der Waals surface area (Å²) in [6.45, 7) is 3.85. The van der Waals surface area contributed by atoms with E-state index in [-0.39, 0.29) is 11.7 Å². The van der Waals surface area contributed by atoms with E-state index in [0.29, 0.717) is 18.7 Å². The van der Waals surface area contributed by atoms with Crippen molar-refractivity contribution in [2.75, 3.05) is 0 Å². The van der Waals surface area contributed by atoms with Crippen LogP contribution in [0.15, 0.2) is 0 Å². The minimum atomic E-state index is -1.13. The summed E-state index contributed by atoms with van der Waals surface area (Å²) in [7, 11) is 0. The third-order valence-corrected chi connectivity index (χ3v) is 3.22. The van der Waals surface area contributed by atoms with Gasteiger partial charge < -0.3 is 10.4 Å². The lowest BCUT2D eigenvalue weighted by atomic mass is 9.77. The van der Waals surface area contributed by atoms with Gasteiger partial charge in [0, 0.05) is 5.92 Å². The number of nitrogens with one attached hydrogen (secondary N) is 2. The fraction of sp³-hybridized carbons (Fsp3) is 0.636. The Morgan fingerprint density at radius 2 is 2.11 bits per heavy atom. The fourth-order valence-corrected chi connectivity index (χ4v) is 1.83. The molecule has 0 spiro atoms. The lowest BCUT2D eigenvalue weighted by Crippen LogP contribution is -2.59. The monoisotopic (exact) mass is 252 g/mol. The number of H-pyrrole nitrogens is 1. The number of amides is 1. The number of carbonyl (C=O) groups excluding carboxylic acids is 1. The van der Waals surface area contributed by atoms with Crippen LogP contribution in [0.25, 0.3) is 0 Å². The van der Waals surface area contributed by atoms with Gasteiger partial charge in [0.25, 0.3) is 5.91 Å². The van der Waals surface area contributed by atoms with Gasteiger partial charge in [0.2, 0.25) is 5.82 Å². The predicted molar refractivity (Wildman–Crippen MR) is 62.2 cm³/mol. The first-order valence-electron chi connectivity index (χ1n) is 5.93. The number of aliphatic carboxylic acids is 1. The lowest BCUT2D eigenvalue weighted by Gasteiger charge is -2.37. The van der Waals surface area contributed by atoms with Crippen LogP contribution in [0.2, 0.25) is 0 Å². The zero-order valence-electron chi connectivity index (χ0n) is 10.4. The summed E-state index contributed by atoms with van der Waals surface area (Å²) in [6, 6.07) is 0. The molecule has 1 aromatic rings. The molecule has 1 amide bonds. The fourth-order valence-electron chi connectivity index (χ4n) is 1.83. The normalized spacial score (nSPS) is 17.3. The summed E-state index contributed by atoms with van der Waals surface area (Å²) in [4.78, 5) is 27.0. The van der Waals surface area contributed by atoms with Crippen molar-refractivity contribution in [2.24, 2.45) is 0 Å². The molecule has 2 rings (SSSR count). The standard InChI is InChI=1S/C11H16N4O3/c1-6(2)7-12-8(15-14-7)9(16)13-11(10(17)18)4-3-5-11/h6H,3-5H2,1-2H3,(H,13,16)(H,17,18)(H,12,14,15). The molecule has 3 N–H and O–H groups in total. The molecule has 0 bridgehead atoms. The molecule has 0 saturated heterocycles. The first-order valence-corrected chi connectivity index (χ1v) is 5.93. The smallest absolute Gasteiger partial charge is 0.329 e. The molecule has 1 aliphatic rings. The zero-order chi connectivity index (χ0) is 13.3. The largest absolute Gasteiger partial charge is 0.480 e. The number of carbonyl (C=O) groups is 2. The van der Waals surface area contributed by atoms with Crippen LogP contribution in [0.5, 0.6) is 0 Å². The van der Waals surface area contributed by atoms with Gasteiger partial charge in [-0.1, -0.05) is 13.8 Å². The SMILES string of the molecule is CC(C)c1nc(C(=O)NC2(C(=O)O)CCC2)n[nH]1. The van der Waals surface area contributed by atoms with Crippen LogP contribution in [-0.2, 0) is 4.79 Å². The maximum absolute atomic E-state index is 11.9. The molecule has 0 atom stereocenters. The van der Waals surface area contributed by atoms with E-state index in [2.05, 4.69) is 20.5 Å². The number of carboxylic acids is 1. The number of hydrogen-bond donors (Lipinski definition) is 3. The number of nitrogens with zero attached hydrogens (tertiary/aromatic N) is 2. The first-order chi connectivity index (χ1) is 8.44. The molecule has 1 aliphatic carbocycles. The van der Waals surface area contributed by atoms with E-state index in [1.54, 1.807) is 0 Å². The molecule has 7 heteroatoms. The van der Waals surface area contributed by atoms with Crippen molar-refractivity contribution in [3.63, 3.8) is 0 Å². The number of carboxylic acid groups (broad SMARTS) is 1. The third kappa shape index (κ3) is 2.07. The molecule has 0 aromatic carbocycles. The average Bonchev–Trinajstić information content (AvgIpc) is 2.71. The molecule has 18 heavy (non-hydrogen) atoms. The Labute approximate surface area is 104 Å². The number of rotatable bonds is 4. The zero-order valence-corrected chi connectivity index (χ0v) is 10.4. The van der Waals surface area contributed by atoms with Crippen LogP contribution in [0.3, 0.4) is 0 Å². The van der Waals surface area contributed by atoms with Crippen molar-refractivity contribution < 1.29 is 14.7 Å². The molecule has 1 fully saturated rings. The Balaban J connectivity index is 2.09. The highest BCUT2D eigenvalue weighted by molar-refractivity contribution is 5.95. The second-order valence-electron chi connectivity index (χ2n) is 4.89. The summed E-state index contributed by atoms with van der Waals surface area (Å²) in [5, 5.41) is 18.1. The van der Waals surface area contributed by atoms with Crippen LogP contribution in [0.4, 0.5) is 0 Å². The summed E-state index contributed by atoms with van der Waals surface area (Å²) in [5.41, 5.74) is -1.13. The van der Waals surface area contributed by atoms with Crippen LogP contribution in [0, 0.1) is 0 Å². The highest BCUT2D eigenvalue weighted by Crippen LogP contribution is 2.32. The summed E-state index contributed by atoms with van der Waals surface area (Å²) < 4.78 is 0. The molecule has 7 nitrogen and oxygen atoms in total. The van der Waals surface area contributed by atoms with Gasteiger partial charge in [0.15, 0.2) is 0 Å². The van der Waals surface area contributed by atoms with E-state index in [9.17, 15) is 9.59 Å². The number of aromatic nitrogens is 3. The van der Waals surface area contributed by atoms with Crippen molar-refractivity contribution in [2.45, 2.75) is 44.6 Å². The molecule has 98 valence electrons. The molecule has 1 saturated carbocycles. The van der Waals surface area contributed by atoms with Crippen LogP contribution < -0.4 is 5.32 Å². The quantitative estimate of drug-likeness (QED) is 0.729. The summed E-state index contributed by atoms with van der Waals surface area (Å²) in [6.07, 6.45) is 1.71. The first kappa shape index (κ1) is 12.5. The Hall–Kier alpha value is -1.92. The van der Waals surface area contributed by atoms with Gasteiger partial charge in [-0.25, -0.2) is 9.78 Å². The minimum Gasteiger partial charge on any atom is -0.480 e. The van der Waals surface area contributed by atoms with Gasteiger partial charge in [-0.05, 0) is 19.3 Å². The molecule has 0 radical (unpaired) electrons. The Morgan fingerprint density at radius 1 is 1.44 bits per heavy atom. The average molecular weight is 252 g/mol. The van der Waals surface area contributed by atoms with Gasteiger partial charge in [-0.3, -0.25) is 9.89 Å². The van der Waals surface area contributed by atoms with Gasteiger partial charge in [0.1, 0.15) is 11.4 Å². The minimum absolute atomic E-state index is 0.00813. The third-order valence-electron chi connectivity index (χ3n) is 3.22. The molecule has 0 aliphatic heterocycles. The van der Waals surface area contributed by atoms with Crippen molar-refractivity contribution >= 4 is 11.9 Å². The highest BCUT2D eigenvalue weighted by Gasteiger charge is 2.46. The van der Waals surface area contributed by atoms with Crippen molar-refractivity contribution in [1.29, 1.82) is 0 Å².